The predicted octanol–water partition coefficient (Wildman–Crippen LogP) is 6.57. The first-order valence-electron chi connectivity index (χ1n) is 12.2. The van der Waals surface area contributed by atoms with Crippen LogP contribution in [0.2, 0.25) is 0 Å². The number of sulfonamides is 1. The first kappa shape index (κ1) is 25.7. The summed E-state index contributed by atoms with van der Waals surface area (Å²) >= 11 is 1.45. The molecule has 0 atom stereocenters. The van der Waals surface area contributed by atoms with Gasteiger partial charge in [0.05, 0.1) is 33.6 Å². The first-order chi connectivity index (χ1) is 18.3. The molecule has 0 unspecified atom stereocenters. The normalized spacial score (nSPS) is 11.6. The molecule has 0 bridgehead atoms. The average molecular weight is 546 g/mol. The summed E-state index contributed by atoms with van der Waals surface area (Å²) < 4.78 is 34.7. The SMILES string of the molecule is CCN(c1ccccc1)S(=O)(=O)c1ccc(C(=O)N(Cc2ccco2)c2nc3cc(C)cc(C)c3s2)cc1. The molecule has 38 heavy (non-hydrogen) atoms. The zero-order valence-corrected chi connectivity index (χ0v) is 22.9. The number of hydrogen-bond donors (Lipinski definition) is 0. The van der Waals surface area contributed by atoms with Gasteiger partial charge in [0, 0.05) is 12.1 Å². The lowest BCUT2D eigenvalue weighted by Crippen LogP contribution is -2.31. The van der Waals surface area contributed by atoms with E-state index in [0.717, 1.165) is 21.3 Å². The lowest BCUT2D eigenvalue weighted by Gasteiger charge is -2.23. The van der Waals surface area contributed by atoms with Crippen LogP contribution in [-0.2, 0) is 16.6 Å². The Morgan fingerprint density at radius 2 is 1.71 bits per heavy atom. The Hall–Kier alpha value is -3.95. The number of rotatable bonds is 8. The number of carbonyl (C=O) groups is 1. The highest BCUT2D eigenvalue weighted by molar-refractivity contribution is 7.92. The Balaban J connectivity index is 1.49. The number of furan rings is 1. The summed E-state index contributed by atoms with van der Waals surface area (Å²) in [6.45, 7) is 6.31. The smallest absolute Gasteiger partial charge is 0.264 e. The van der Waals surface area contributed by atoms with Gasteiger partial charge in [-0.3, -0.25) is 14.0 Å². The summed E-state index contributed by atoms with van der Waals surface area (Å²) in [5.41, 5.74) is 3.97. The van der Waals surface area contributed by atoms with Crippen molar-refractivity contribution >= 4 is 48.3 Å². The van der Waals surface area contributed by atoms with Crippen molar-refractivity contribution in [1.82, 2.24) is 4.98 Å². The molecule has 0 saturated heterocycles. The van der Waals surface area contributed by atoms with Crippen molar-refractivity contribution in [3.05, 3.63) is 108 Å². The number of anilines is 2. The number of nitrogens with zero attached hydrogens (tertiary/aromatic N) is 3. The highest BCUT2D eigenvalue weighted by Crippen LogP contribution is 2.34. The molecule has 194 valence electrons. The van der Waals surface area contributed by atoms with Crippen LogP contribution in [0.3, 0.4) is 0 Å². The van der Waals surface area contributed by atoms with Gasteiger partial charge in [-0.05, 0) is 86.5 Å². The third kappa shape index (κ3) is 4.94. The number of benzene rings is 3. The number of aromatic nitrogens is 1. The van der Waals surface area contributed by atoms with Gasteiger partial charge in [0.2, 0.25) is 0 Å². The fourth-order valence-electron chi connectivity index (χ4n) is 4.40. The molecule has 1 amide bonds. The Morgan fingerprint density at radius 1 is 0.974 bits per heavy atom. The second-order valence-corrected chi connectivity index (χ2v) is 11.8. The lowest BCUT2D eigenvalue weighted by atomic mass is 10.1. The number of aryl methyl sites for hydroxylation is 2. The van der Waals surface area contributed by atoms with Gasteiger partial charge in [0.15, 0.2) is 5.13 Å². The number of amides is 1. The van der Waals surface area contributed by atoms with E-state index in [2.05, 4.69) is 6.07 Å². The van der Waals surface area contributed by atoms with Crippen LogP contribution in [0.15, 0.2) is 94.4 Å². The standard InChI is InChI=1S/C29H27N3O4S2/c1-4-32(23-9-6-5-7-10-23)38(34,35)25-14-12-22(13-15-25)28(33)31(19-24-11-8-16-36-24)29-30-26-18-20(2)17-21(3)27(26)37-29/h5-18H,4,19H2,1-3H3. The molecule has 0 aliphatic rings. The van der Waals surface area contributed by atoms with Crippen LogP contribution in [0.5, 0.6) is 0 Å². The van der Waals surface area contributed by atoms with Crippen molar-refractivity contribution < 1.29 is 17.6 Å². The second-order valence-electron chi connectivity index (χ2n) is 8.93. The molecule has 7 nitrogen and oxygen atoms in total. The van der Waals surface area contributed by atoms with Crippen molar-refractivity contribution in [2.75, 3.05) is 15.7 Å². The van der Waals surface area contributed by atoms with Crippen LogP contribution in [0.25, 0.3) is 10.2 Å². The summed E-state index contributed by atoms with van der Waals surface area (Å²) in [6, 6.07) is 22.7. The third-order valence-electron chi connectivity index (χ3n) is 6.20. The molecular formula is C29H27N3O4S2. The molecule has 0 radical (unpaired) electrons. The van der Waals surface area contributed by atoms with E-state index in [4.69, 9.17) is 9.40 Å². The first-order valence-corrected chi connectivity index (χ1v) is 14.4. The minimum absolute atomic E-state index is 0.114. The molecule has 0 saturated carbocycles. The summed E-state index contributed by atoms with van der Waals surface area (Å²) in [7, 11) is -3.80. The zero-order chi connectivity index (χ0) is 26.9. The maximum absolute atomic E-state index is 13.8. The number of hydrogen-bond acceptors (Lipinski definition) is 6. The molecule has 3 aromatic carbocycles. The van der Waals surface area contributed by atoms with E-state index in [9.17, 15) is 13.2 Å². The Labute approximate surface area is 226 Å². The minimum Gasteiger partial charge on any atom is -0.467 e. The topological polar surface area (TPSA) is 83.7 Å². The second kappa shape index (κ2) is 10.4. The van der Waals surface area contributed by atoms with Crippen LogP contribution < -0.4 is 9.21 Å². The molecule has 0 aliphatic heterocycles. The van der Waals surface area contributed by atoms with Gasteiger partial charge in [0.25, 0.3) is 15.9 Å². The zero-order valence-electron chi connectivity index (χ0n) is 21.3. The maximum atomic E-state index is 13.8. The molecule has 0 fully saturated rings. The van der Waals surface area contributed by atoms with Crippen LogP contribution in [0.4, 0.5) is 10.8 Å². The van der Waals surface area contributed by atoms with Crippen molar-refractivity contribution in [2.45, 2.75) is 32.2 Å². The molecular weight excluding hydrogens is 518 g/mol. The van der Waals surface area contributed by atoms with Crippen LogP contribution in [-0.4, -0.2) is 25.9 Å². The third-order valence-corrected chi connectivity index (χ3v) is 9.35. The fraction of sp³-hybridized carbons (Fsp3) is 0.172. The van der Waals surface area contributed by atoms with Crippen molar-refractivity contribution in [3.63, 3.8) is 0 Å². The monoisotopic (exact) mass is 545 g/mol. The summed E-state index contributed by atoms with van der Waals surface area (Å²) in [5, 5.41) is 0.549. The molecule has 2 aromatic heterocycles. The van der Waals surface area contributed by atoms with E-state index >= 15 is 0 Å². The number of carbonyl (C=O) groups excluding carboxylic acids is 1. The van der Waals surface area contributed by atoms with Gasteiger partial charge in [-0.1, -0.05) is 35.6 Å². The van der Waals surface area contributed by atoms with Gasteiger partial charge in [0.1, 0.15) is 5.76 Å². The largest absolute Gasteiger partial charge is 0.467 e. The summed E-state index contributed by atoms with van der Waals surface area (Å²) in [5.74, 6) is 0.320. The summed E-state index contributed by atoms with van der Waals surface area (Å²) in [6.07, 6.45) is 1.57. The van der Waals surface area contributed by atoms with E-state index < -0.39 is 10.0 Å². The lowest BCUT2D eigenvalue weighted by molar-refractivity contribution is 0.0983. The van der Waals surface area contributed by atoms with Crippen LogP contribution >= 0.6 is 11.3 Å². The van der Waals surface area contributed by atoms with Gasteiger partial charge in [-0.15, -0.1) is 0 Å². The molecule has 0 aliphatic carbocycles. The van der Waals surface area contributed by atoms with E-state index in [-0.39, 0.29) is 23.9 Å². The Morgan fingerprint density at radius 3 is 2.37 bits per heavy atom. The van der Waals surface area contributed by atoms with Gasteiger partial charge < -0.3 is 4.42 Å². The quantitative estimate of drug-likeness (QED) is 0.220. The number of thiazole rings is 1. The predicted molar refractivity (Wildman–Crippen MR) is 151 cm³/mol. The Bertz CT molecular complexity index is 1680. The maximum Gasteiger partial charge on any atom is 0.264 e. The van der Waals surface area contributed by atoms with E-state index in [1.807, 2.05) is 32.0 Å². The average Bonchev–Trinajstić information content (AvgIpc) is 3.58. The highest BCUT2D eigenvalue weighted by atomic mass is 32.2. The van der Waals surface area contributed by atoms with E-state index in [0.29, 0.717) is 22.1 Å². The van der Waals surface area contributed by atoms with Gasteiger partial charge in [-0.25, -0.2) is 13.4 Å². The molecule has 5 rings (SSSR count). The van der Waals surface area contributed by atoms with Gasteiger partial charge >= 0.3 is 0 Å². The molecule has 2 heterocycles. The summed E-state index contributed by atoms with van der Waals surface area (Å²) in [4.78, 5) is 20.2. The molecule has 0 spiro atoms. The van der Waals surface area contributed by atoms with Crippen LogP contribution in [0, 0.1) is 13.8 Å². The number of para-hydroxylation sites is 1. The highest BCUT2D eigenvalue weighted by Gasteiger charge is 2.26. The number of fused-ring (bicyclic) bond motifs is 1. The van der Waals surface area contributed by atoms with E-state index in [1.165, 1.54) is 27.8 Å². The van der Waals surface area contributed by atoms with Crippen molar-refractivity contribution in [2.24, 2.45) is 0 Å². The van der Waals surface area contributed by atoms with Gasteiger partial charge in [-0.2, -0.15) is 0 Å². The molecule has 0 N–H and O–H groups in total. The van der Waals surface area contributed by atoms with Crippen molar-refractivity contribution in [3.8, 4) is 0 Å². The minimum atomic E-state index is -3.80. The fourth-order valence-corrected chi connectivity index (χ4v) is 6.89. The van der Waals surface area contributed by atoms with Crippen LogP contribution in [0.1, 0.15) is 34.2 Å². The van der Waals surface area contributed by atoms with E-state index in [1.54, 1.807) is 60.6 Å². The Kier molecular flexibility index (Phi) is 7.05. The molecule has 5 aromatic rings. The van der Waals surface area contributed by atoms with Crippen molar-refractivity contribution in [1.29, 1.82) is 0 Å². The molecule has 9 heteroatoms.